The first-order chi connectivity index (χ1) is 8.66. The van der Waals surface area contributed by atoms with Crippen molar-refractivity contribution < 1.29 is 21.1 Å². The van der Waals surface area contributed by atoms with Crippen molar-refractivity contribution in [3.05, 3.63) is 50.6 Å². The molecule has 1 heteroatoms. The van der Waals surface area contributed by atoms with E-state index in [0.29, 0.717) is 0 Å². The van der Waals surface area contributed by atoms with E-state index in [0.717, 1.165) is 0 Å². The van der Waals surface area contributed by atoms with E-state index in [1.165, 1.54) is 74.5 Å². The quantitative estimate of drug-likeness (QED) is 0.252. The molecule has 0 spiro atoms. The fraction of sp³-hybridized carbons (Fsp3) is 0.619. The second-order valence-electron chi connectivity index (χ2n) is 5.83. The summed E-state index contributed by atoms with van der Waals surface area (Å²) >= 11 is 0. The van der Waals surface area contributed by atoms with E-state index in [1.54, 1.807) is 5.56 Å². The molecular weight excluding hydrogens is 447 g/mol. The van der Waals surface area contributed by atoms with Gasteiger partial charge in [0.2, 0.25) is 0 Å². The number of aryl methyl sites for hydroxylation is 2. The molecule has 0 aliphatic carbocycles. The maximum atomic E-state index is 2.39. The predicted octanol–water partition coefficient (Wildman–Crippen LogP) is 7.36. The first kappa shape index (κ1) is 30.0. The summed E-state index contributed by atoms with van der Waals surface area (Å²) in [5.74, 6) is 0. The van der Waals surface area contributed by atoms with Crippen molar-refractivity contribution in [3.63, 3.8) is 0 Å². The molecule has 1 aromatic rings. The summed E-state index contributed by atoms with van der Waals surface area (Å²) in [5.41, 5.74) is 6.11. The van der Waals surface area contributed by atoms with E-state index in [-0.39, 0.29) is 43.3 Å². The van der Waals surface area contributed by atoms with Gasteiger partial charge in [-0.3, -0.25) is 0 Å². The van der Waals surface area contributed by atoms with Crippen molar-refractivity contribution in [3.8, 4) is 0 Å². The van der Waals surface area contributed by atoms with Crippen LogP contribution in [-0.4, -0.2) is 0 Å². The summed E-state index contributed by atoms with van der Waals surface area (Å²) in [4.78, 5) is 0. The summed E-state index contributed by atoms with van der Waals surface area (Å²) in [5, 5.41) is 0. The smallest absolute Gasteiger partial charge is 0.358 e. The van der Waals surface area contributed by atoms with Crippen molar-refractivity contribution in [2.75, 3.05) is 0 Å². The van der Waals surface area contributed by atoms with Crippen LogP contribution in [0.1, 0.15) is 80.5 Å². The van der Waals surface area contributed by atoms with Gasteiger partial charge >= 0.3 is 21.1 Å². The number of hydrogen-bond acceptors (Lipinski definition) is 0. The van der Waals surface area contributed by atoms with Gasteiger partial charge in [0.25, 0.3) is 0 Å². The summed E-state index contributed by atoms with van der Waals surface area (Å²) < 4.78 is 0. The van der Waals surface area contributed by atoms with Gasteiger partial charge in [0.15, 0.2) is 0 Å². The van der Waals surface area contributed by atoms with Crippen molar-refractivity contribution >= 4 is 0 Å². The van der Waals surface area contributed by atoms with E-state index in [2.05, 4.69) is 33.8 Å². The average molecular weight is 488 g/mol. The van der Waals surface area contributed by atoms with Gasteiger partial charge in [-0.1, -0.05) is 85.5 Å². The molecule has 0 heterocycles. The van der Waals surface area contributed by atoms with Crippen LogP contribution in [0.25, 0.3) is 0 Å². The van der Waals surface area contributed by atoms with Gasteiger partial charge in [0.05, 0.1) is 0 Å². The van der Waals surface area contributed by atoms with Gasteiger partial charge in [-0.15, -0.1) is 0 Å². The molecule has 0 nitrogen and oxygen atoms in total. The minimum atomic E-state index is 0. The molecule has 0 radical (unpaired) electrons. The zero-order chi connectivity index (χ0) is 13.4. The molecule has 0 aliphatic heterocycles. The zero-order valence-corrected chi connectivity index (χ0v) is 18.5. The van der Waals surface area contributed by atoms with Gasteiger partial charge in [-0.05, 0) is 0 Å². The molecular formula is C21H40Pt. The molecule has 22 heavy (non-hydrogen) atoms. The summed E-state index contributed by atoms with van der Waals surface area (Å²) in [6.07, 6.45) is 12.6. The van der Waals surface area contributed by atoms with E-state index < -0.39 is 0 Å². The molecule has 0 saturated heterocycles. The molecule has 0 atom stereocenters. The zero-order valence-electron chi connectivity index (χ0n) is 16.3. The SMILES string of the molecule is CCCCCCCCCC[c-]1cc(C)c(C)c1C.[CH3-].[CH3-].[CH3-].[Pt+4]. The van der Waals surface area contributed by atoms with E-state index in [9.17, 15) is 0 Å². The van der Waals surface area contributed by atoms with Crippen LogP contribution in [0.2, 0.25) is 0 Å². The molecule has 0 fully saturated rings. The Morgan fingerprint density at radius 2 is 1.23 bits per heavy atom. The standard InChI is InChI=1S/C18H31.3CH3.Pt/c1-5-6-7-8-9-10-11-12-13-18-14-15(2)16(3)17(18)4;;;;/h14H,5-13H2,1-4H3;3*1H3;/q4*-1;+4. The molecule has 0 bridgehead atoms. The van der Waals surface area contributed by atoms with Gasteiger partial charge in [-0.25, -0.2) is 0 Å². The average Bonchev–Trinajstić information content (AvgIpc) is 2.60. The Hall–Kier alpha value is 0.0383. The maximum absolute atomic E-state index is 2.39. The van der Waals surface area contributed by atoms with Crippen LogP contribution in [0.4, 0.5) is 0 Å². The molecule has 134 valence electrons. The number of unbranched alkanes of at least 4 members (excludes halogenated alkanes) is 7. The molecule has 0 amide bonds. The van der Waals surface area contributed by atoms with Crippen LogP contribution in [0.3, 0.4) is 0 Å². The van der Waals surface area contributed by atoms with Crippen LogP contribution in [0, 0.1) is 43.1 Å². The maximum Gasteiger partial charge on any atom is 4.00 e. The summed E-state index contributed by atoms with van der Waals surface area (Å²) in [6, 6.07) is 2.39. The van der Waals surface area contributed by atoms with Crippen LogP contribution in [-0.2, 0) is 27.5 Å². The second kappa shape index (κ2) is 17.4. The molecule has 0 aromatic heterocycles. The molecule has 1 rings (SSSR count). The Morgan fingerprint density at radius 3 is 1.64 bits per heavy atom. The molecule has 0 unspecified atom stereocenters. The third-order valence-corrected chi connectivity index (χ3v) is 4.33. The number of hydrogen-bond donors (Lipinski definition) is 0. The first-order valence-corrected chi connectivity index (χ1v) is 7.89. The summed E-state index contributed by atoms with van der Waals surface area (Å²) in [7, 11) is 0. The fourth-order valence-corrected chi connectivity index (χ4v) is 2.72. The Kier molecular flexibility index (Phi) is 23.7. The van der Waals surface area contributed by atoms with Crippen molar-refractivity contribution in [2.45, 2.75) is 85.5 Å². The topological polar surface area (TPSA) is 0 Å². The third-order valence-electron chi connectivity index (χ3n) is 4.33. The monoisotopic (exact) mass is 487 g/mol. The third kappa shape index (κ3) is 10.7. The van der Waals surface area contributed by atoms with Gasteiger partial charge < -0.3 is 22.3 Å². The van der Waals surface area contributed by atoms with Gasteiger partial charge in [0.1, 0.15) is 0 Å². The number of rotatable bonds is 9. The first-order valence-electron chi connectivity index (χ1n) is 7.89. The van der Waals surface area contributed by atoms with Crippen LogP contribution < -0.4 is 0 Å². The predicted molar refractivity (Wildman–Crippen MR) is 102 cm³/mol. The van der Waals surface area contributed by atoms with Crippen molar-refractivity contribution in [1.82, 2.24) is 0 Å². The molecule has 0 aliphatic rings. The second-order valence-corrected chi connectivity index (χ2v) is 5.83. The largest absolute Gasteiger partial charge is 4.00 e. The Morgan fingerprint density at radius 1 is 0.773 bits per heavy atom. The normalized spacial score (nSPS) is 9.09. The minimum absolute atomic E-state index is 0. The van der Waals surface area contributed by atoms with E-state index in [4.69, 9.17) is 0 Å². The Balaban J connectivity index is -0.000000405. The molecule has 0 N–H and O–H groups in total. The van der Waals surface area contributed by atoms with E-state index in [1.807, 2.05) is 0 Å². The van der Waals surface area contributed by atoms with Gasteiger partial charge in [0, 0.05) is 0 Å². The van der Waals surface area contributed by atoms with Crippen molar-refractivity contribution in [1.29, 1.82) is 0 Å². The van der Waals surface area contributed by atoms with Crippen LogP contribution >= 0.6 is 0 Å². The molecule has 0 saturated carbocycles. The Bertz CT molecular complexity index is 336. The van der Waals surface area contributed by atoms with Crippen molar-refractivity contribution in [2.24, 2.45) is 0 Å². The summed E-state index contributed by atoms with van der Waals surface area (Å²) in [6.45, 7) is 9.05. The van der Waals surface area contributed by atoms with Gasteiger partial charge in [-0.2, -0.15) is 28.3 Å². The fourth-order valence-electron chi connectivity index (χ4n) is 2.72. The molecule has 1 aromatic carbocycles. The Labute approximate surface area is 157 Å². The van der Waals surface area contributed by atoms with Crippen LogP contribution in [0.5, 0.6) is 0 Å². The van der Waals surface area contributed by atoms with E-state index >= 15 is 0 Å². The minimum Gasteiger partial charge on any atom is -0.358 e. The van der Waals surface area contributed by atoms with Crippen LogP contribution in [0.15, 0.2) is 6.07 Å².